The summed E-state index contributed by atoms with van der Waals surface area (Å²) in [5.74, 6) is 1.36. The smallest absolute Gasteiger partial charge is 0.427 e. The normalized spacial score (nSPS) is 5.50. The van der Waals surface area contributed by atoms with Crippen LogP contribution in [0.4, 0.5) is 0 Å². The van der Waals surface area contributed by atoms with Crippen molar-refractivity contribution in [2.24, 2.45) is 11.1 Å². The molecule has 0 saturated heterocycles. The largest absolute Gasteiger partial charge is 1.00 e. The molecule has 2 N–H and O–H groups in total. The molecule has 0 atom stereocenters. The summed E-state index contributed by atoms with van der Waals surface area (Å²) < 4.78 is 5.78. The fourth-order valence-corrected chi connectivity index (χ4v) is 0. The second-order valence-corrected chi connectivity index (χ2v) is 0.100. The van der Waals surface area contributed by atoms with Crippen LogP contribution in [0.25, 0.3) is 5.53 Å². The van der Waals surface area contributed by atoms with Crippen molar-refractivity contribution in [3.63, 3.8) is 0 Å². The minimum absolute atomic E-state index is 0. The summed E-state index contributed by atoms with van der Waals surface area (Å²) in [6.07, 6.45) is 0. The standard InChI is InChI=1S/K.H2N3/c;1-3-2/h;(H2-,1,2)/q+1;-1/i/hD. The third-order valence-electron chi connectivity index (χ3n) is 0. The van der Waals surface area contributed by atoms with Gasteiger partial charge in [0.25, 0.3) is 0 Å². The molecule has 0 unspecified atom stereocenters. The van der Waals surface area contributed by atoms with Gasteiger partial charge >= 0.3 is 51.4 Å². The van der Waals surface area contributed by atoms with E-state index in [1.165, 1.54) is 5.84 Å². The summed E-state index contributed by atoms with van der Waals surface area (Å²) >= 11 is 0. The Balaban J connectivity index is 0. The van der Waals surface area contributed by atoms with Crippen molar-refractivity contribution in [2.45, 2.75) is 0 Å². The summed E-state index contributed by atoms with van der Waals surface area (Å²) in [4.78, 5) is 0. The first-order chi connectivity index (χ1) is 1.91. The summed E-state index contributed by atoms with van der Waals surface area (Å²) in [6.45, 7) is 0. The van der Waals surface area contributed by atoms with Crippen molar-refractivity contribution in [1.29, 1.82) is 0 Å². The average molecular weight is 84.1 g/mol. The van der Waals surface area contributed by atoms with Gasteiger partial charge in [0.1, 0.15) is 0 Å². The van der Waals surface area contributed by atoms with Gasteiger partial charge in [0.05, 0.1) is 0 Å². The van der Waals surface area contributed by atoms with Crippen LogP contribution in [0.5, 0.6) is 0 Å². The molecule has 3 nitrogen and oxygen atoms in total. The molecule has 0 bridgehead atoms. The Morgan fingerprint density at radius 1 is 2.25 bits per heavy atom. The van der Waals surface area contributed by atoms with Gasteiger partial charge in [0.15, 0.2) is 0 Å². The Kier molecular flexibility index (Phi) is 11.3. The summed E-state index contributed by atoms with van der Waals surface area (Å²) in [7, 11) is 0. The van der Waals surface area contributed by atoms with E-state index in [0.29, 0.717) is 0 Å². The zero-order valence-corrected chi connectivity index (χ0v) is 5.52. The van der Waals surface area contributed by atoms with Gasteiger partial charge in [-0.25, -0.2) is 0 Å². The Labute approximate surface area is 68.3 Å². The van der Waals surface area contributed by atoms with Gasteiger partial charge in [-0.3, -0.25) is 5.22 Å². The predicted molar refractivity (Wildman–Crippen MR) is 9.97 cm³/mol. The monoisotopic (exact) mass is 84.0 g/mol. The van der Waals surface area contributed by atoms with Crippen LogP contribution >= 0.6 is 0 Å². The molecular formula is H2KN3. The Hall–Kier alpha value is 1.04. The van der Waals surface area contributed by atoms with Crippen molar-refractivity contribution in [2.75, 3.05) is 0 Å². The first-order valence-corrected chi connectivity index (χ1v) is 0.424. The van der Waals surface area contributed by atoms with Gasteiger partial charge in [-0.05, 0) is 0 Å². The molecule has 4 heavy (non-hydrogen) atoms. The van der Waals surface area contributed by atoms with Crippen LogP contribution < -0.4 is 57.2 Å². The molecular weight excluding hydrogens is 81.1 g/mol. The summed E-state index contributed by atoms with van der Waals surface area (Å²) in [5, 5.41) is 2.15. The van der Waals surface area contributed by atoms with E-state index >= 15 is 0 Å². The molecule has 0 aromatic carbocycles. The molecule has 18 valence electrons. The molecule has 0 heterocycles. The molecule has 0 aliphatic heterocycles. The number of hydrogen-bond acceptors (Lipinski definition) is 1. The topological polar surface area (TPSA) is 60.7 Å². The minimum atomic E-state index is 0. The van der Waals surface area contributed by atoms with E-state index in [-0.39, 0.29) is 51.4 Å². The van der Waals surface area contributed by atoms with Crippen molar-refractivity contribution < 1.29 is 52.8 Å². The first-order valence-electron chi connectivity index (χ1n) is 0.924. The Bertz CT molecular complexity index is 20.9. The SMILES string of the molecule is [2H]NN=[N-].[K+]. The number of rotatable bonds is 1. The molecule has 0 amide bonds. The van der Waals surface area contributed by atoms with Crippen molar-refractivity contribution in [3.8, 4) is 0 Å². The quantitative estimate of drug-likeness (QED) is 0.155. The van der Waals surface area contributed by atoms with Gasteiger partial charge in [0.2, 0.25) is 0 Å². The number of nitrogens with two attached hydrogens (primary N) is 1. The second kappa shape index (κ2) is 8.97. The molecule has 4 heteroatoms. The van der Waals surface area contributed by atoms with E-state index in [4.69, 9.17) is 6.94 Å². The fourth-order valence-electron chi connectivity index (χ4n) is 0. The average Bonchev–Trinajstić information content (AvgIpc) is 1.37. The maximum absolute atomic E-state index is 7.20. The van der Waals surface area contributed by atoms with E-state index in [2.05, 4.69) is 5.22 Å². The van der Waals surface area contributed by atoms with Gasteiger partial charge in [-0.2, -0.15) is 0 Å². The van der Waals surface area contributed by atoms with E-state index in [1.807, 2.05) is 0 Å². The first kappa shape index (κ1) is 5.04. The third kappa shape index (κ3) is 11.7. The minimum Gasteiger partial charge on any atom is -0.427 e. The Morgan fingerprint density at radius 3 is 2.50 bits per heavy atom. The summed E-state index contributed by atoms with van der Waals surface area (Å²) in [5.41, 5.74) is 7.20. The molecule has 0 saturated carbocycles. The number of hydrogen-bond donors (Lipinski definition) is 1. The maximum Gasteiger partial charge on any atom is 1.00 e. The molecule has 0 aromatic heterocycles. The zero-order valence-electron chi connectivity index (χ0n) is 3.39. The summed E-state index contributed by atoms with van der Waals surface area (Å²) in [6, 6.07) is 0. The van der Waals surface area contributed by atoms with Crippen LogP contribution in [0.1, 0.15) is 0 Å². The second-order valence-electron chi connectivity index (χ2n) is 0.100. The van der Waals surface area contributed by atoms with Crippen LogP contribution in [0.3, 0.4) is 0 Å². The van der Waals surface area contributed by atoms with Crippen molar-refractivity contribution >= 4 is 0 Å². The molecule has 0 radical (unpaired) electrons. The molecule has 0 aliphatic carbocycles. The Morgan fingerprint density at radius 2 is 2.50 bits per heavy atom. The molecule has 0 aliphatic rings. The van der Waals surface area contributed by atoms with Gasteiger partial charge in [-0.15, -0.1) is 0 Å². The van der Waals surface area contributed by atoms with Crippen LogP contribution in [-0.4, -0.2) is 0 Å². The zero-order chi connectivity index (χ0) is 3.41. The van der Waals surface area contributed by atoms with Crippen LogP contribution in [0.2, 0.25) is 1.41 Å². The predicted octanol–water partition coefficient (Wildman–Crippen LogP) is -3.11. The van der Waals surface area contributed by atoms with Crippen LogP contribution in [0, 0.1) is 0 Å². The third-order valence-corrected chi connectivity index (χ3v) is 0. The van der Waals surface area contributed by atoms with Crippen LogP contribution in [-0.2, 0) is 0 Å². The molecule has 0 aromatic rings. The van der Waals surface area contributed by atoms with Crippen LogP contribution in [0.15, 0.2) is 5.22 Å². The molecule has 0 rings (SSSR count). The van der Waals surface area contributed by atoms with E-state index in [9.17, 15) is 0 Å². The number of nitrogens with zero attached hydrogens (tertiary/aromatic N) is 2. The molecule has 0 spiro atoms. The fraction of sp³-hybridized carbons (Fsp3) is 0. The van der Waals surface area contributed by atoms with E-state index in [0.717, 1.165) is 0 Å². The maximum atomic E-state index is 7.20. The van der Waals surface area contributed by atoms with E-state index in [1.54, 1.807) is 0 Å². The van der Waals surface area contributed by atoms with Gasteiger partial charge < -0.3 is 11.4 Å². The van der Waals surface area contributed by atoms with Gasteiger partial charge in [-0.1, -0.05) is 0 Å². The van der Waals surface area contributed by atoms with Gasteiger partial charge in [0, 0.05) is 1.41 Å². The van der Waals surface area contributed by atoms with E-state index < -0.39 is 0 Å². The molecule has 0 fully saturated rings. The van der Waals surface area contributed by atoms with Crippen molar-refractivity contribution in [3.05, 3.63) is 5.53 Å². The van der Waals surface area contributed by atoms with Crippen molar-refractivity contribution in [1.82, 2.24) is 0 Å².